The van der Waals surface area contributed by atoms with Gasteiger partial charge in [0.05, 0.1) is 13.2 Å². The van der Waals surface area contributed by atoms with Gasteiger partial charge in [0.25, 0.3) is 0 Å². The zero-order chi connectivity index (χ0) is 13.1. The largest absolute Gasteiger partial charge is 0.480 e. The van der Waals surface area contributed by atoms with Crippen molar-refractivity contribution in [2.45, 2.75) is 38.3 Å². The Balaban J connectivity index is 2.56. The molecule has 0 radical (unpaired) electrons. The molecule has 0 aliphatic carbocycles. The predicted molar refractivity (Wildman–Crippen MR) is 61.5 cm³/mol. The van der Waals surface area contributed by atoms with Gasteiger partial charge in [0.15, 0.2) is 6.04 Å². The quantitative estimate of drug-likeness (QED) is 0.715. The number of aliphatic carboxylic acids is 1. The van der Waals surface area contributed by atoms with E-state index >= 15 is 0 Å². The molecule has 1 atom stereocenters. The highest BCUT2D eigenvalue weighted by Crippen LogP contribution is 2.13. The number of ether oxygens (including phenoxy) is 1. The summed E-state index contributed by atoms with van der Waals surface area (Å²) in [6, 6.07) is -0.864. The van der Waals surface area contributed by atoms with E-state index in [1.807, 2.05) is 13.8 Å². The van der Waals surface area contributed by atoms with Crippen LogP contribution in [0, 0.1) is 0 Å². The van der Waals surface area contributed by atoms with Gasteiger partial charge >= 0.3 is 5.97 Å². The molecule has 1 aliphatic rings. The van der Waals surface area contributed by atoms with Crippen molar-refractivity contribution >= 4 is 11.9 Å². The van der Waals surface area contributed by atoms with Crippen molar-refractivity contribution in [2.24, 2.45) is 5.73 Å². The van der Waals surface area contributed by atoms with E-state index < -0.39 is 17.6 Å². The normalized spacial score (nSPS) is 21.4. The Morgan fingerprint density at radius 1 is 1.53 bits per heavy atom. The number of morpholine rings is 1. The molecule has 6 nitrogen and oxygen atoms in total. The Bertz CT molecular complexity index is 298. The average Bonchev–Trinajstić information content (AvgIpc) is 2.25. The van der Waals surface area contributed by atoms with Gasteiger partial charge in [-0.05, 0) is 20.3 Å². The van der Waals surface area contributed by atoms with E-state index in [4.69, 9.17) is 15.6 Å². The van der Waals surface area contributed by atoms with Crippen LogP contribution in [0.4, 0.5) is 0 Å². The van der Waals surface area contributed by atoms with E-state index in [1.165, 1.54) is 4.90 Å². The smallest absolute Gasteiger partial charge is 0.328 e. The second-order valence-corrected chi connectivity index (χ2v) is 5.00. The van der Waals surface area contributed by atoms with Crippen LogP contribution >= 0.6 is 0 Å². The molecule has 1 amide bonds. The average molecular weight is 244 g/mol. The summed E-state index contributed by atoms with van der Waals surface area (Å²) in [7, 11) is 0. The summed E-state index contributed by atoms with van der Waals surface area (Å²) in [6.45, 7) is 4.47. The highest BCUT2D eigenvalue weighted by atomic mass is 16.5. The van der Waals surface area contributed by atoms with E-state index in [0.29, 0.717) is 19.6 Å². The van der Waals surface area contributed by atoms with Crippen LogP contribution in [0.2, 0.25) is 0 Å². The molecular weight excluding hydrogens is 224 g/mol. The minimum Gasteiger partial charge on any atom is -0.480 e. The van der Waals surface area contributed by atoms with Crippen LogP contribution in [0.1, 0.15) is 26.7 Å². The molecule has 1 saturated heterocycles. The lowest BCUT2D eigenvalue weighted by atomic mass is 9.99. The zero-order valence-electron chi connectivity index (χ0n) is 10.3. The van der Waals surface area contributed by atoms with Crippen LogP contribution < -0.4 is 5.73 Å². The van der Waals surface area contributed by atoms with E-state index in [1.54, 1.807) is 0 Å². The Morgan fingerprint density at radius 2 is 2.18 bits per heavy atom. The molecule has 98 valence electrons. The van der Waals surface area contributed by atoms with E-state index in [-0.39, 0.29) is 18.9 Å². The van der Waals surface area contributed by atoms with Crippen molar-refractivity contribution in [3.8, 4) is 0 Å². The lowest BCUT2D eigenvalue weighted by Crippen LogP contribution is -2.52. The molecule has 0 bridgehead atoms. The maximum absolute atomic E-state index is 11.9. The Morgan fingerprint density at radius 3 is 2.71 bits per heavy atom. The summed E-state index contributed by atoms with van der Waals surface area (Å²) in [5.74, 6) is -1.19. The van der Waals surface area contributed by atoms with Crippen molar-refractivity contribution in [3.05, 3.63) is 0 Å². The Labute approximate surface area is 101 Å². The fourth-order valence-corrected chi connectivity index (χ4v) is 1.68. The number of hydrogen-bond donors (Lipinski definition) is 2. The Hall–Kier alpha value is -1.14. The number of hydrogen-bond acceptors (Lipinski definition) is 4. The molecule has 1 rings (SSSR count). The Kier molecular flexibility index (Phi) is 4.47. The van der Waals surface area contributed by atoms with Gasteiger partial charge in [0.1, 0.15) is 0 Å². The second kappa shape index (κ2) is 5.46. The third-order valence-corrected chi connectivity index (χ3v) is 2.72. The number of rotatable bonds is 4. The van der Waals surface area contributed by atoms with Gasteiger partial charge in [-0.2, -0.15) is 0 Å². The monoisotopic (exact) mass is 244 g/mol. The van der Waals surface area contributed by atoms with Gasteiger partial charge in [0.2, 0.25) is 5.91 Å². The number of nitrogens with two attached hydrogens (primary N) is 1. The number of carboxylic acid groups (broad SMARTS) is 1. The van der Waals surface area contributed by atoms with Crippen molar-refractivity contribution in [1.29, 1.82) is 0 Å². The number of carboxylic acids is 1. The zero-order valence-corrected chi connectivity index (χ0v) is 10.3. The van der Waals surface area contributed by atoms with Crippen LogP contribution in [-0.4, -0.2) is 53.2 Å². The predicted octanol–water partition coefficient (Wildman–Crippen LogP) is -0.184. The van der Waals surface area contributed by atoms with E-state index in [9.17, 15) is 9.59 Å². The highest BCUT2D eigenvalue weighted by Gasteiger charge is 2.32. The first-order valence-corrected chi connectivity index (χ1v) is 5.70. The summed E-state index contributed by atoms with van der Waals surface area (Å²) in [6.07, 6.45) is 0.808. The first-order chi connectivity index (χ1) is 7.81. The highest BCUT2D eigenvalue weighted by molar-refractivity contribution is 5.84. The first-order valence-electron chi connectivity index (χ1n) is 5.70. The standard InChI is InChI=1S/C11H20N2O4/c1-11(2,12)4-3-9(14)13-5-6-17-7-8(13)10(15)16/h8H,3-7,12H2,1-2H3,(H,15,16). The molecule has 0 saturated carbocycles. The minimum atomic E-state index is -1.02. The van der Waals surface area contributed by atoms with Crippen molar-refractivity contribution in [2.75, 3.05) is 19.8 Å². The SMILES string of the molecule is CC(C)(N)CCC(=O)N1CCOCC1C(=O)O. The third-order valence-electron chi connectivity index (χ3n) is 2.72. The maximum Gasteiger partial charge on any atom is 0.328 e. The third kappa shape index (κ3) is 4.32. The molecule has 17 heavy (non-hydrogen) atoms. The molecule has 1 aliphatic heterocycles. The molecular formula is C11H20N2O4. The molecule has 0 spiro atoms. The molecule has 3 N–H and O–H groups in total. The summed E-state index contributed by atoms with van der Waals surface area (Å²) in [5, 5.41) is 8.99. The lowest BCUT2D eigenvalue weighted by Gasteiger charge is -2.33. The molecule has 0 aromatic carbocycles. The van der Waals surface area contributed by atoms with Crippen LogP contribution in [0.15, 0.2) is 0 Å². The van der Waals surface area contributed by atoms with Gasteiger partial charge in [-0.15, -0.1) is 0 Å². The van der Waals surface area contributed by atoms with Crippen molar-refractivity contribution in [3.63, 3.8) is 0 Å². The molecule has 6 heteroatoms. The first kappa shape index (κ1) is 13.9. The van der Waals surface area contributed by atoms with E-state index in [0.717, 1.165) is 0 Å². The summed E-state index contributed by atoms with van der Waals surface area (Å²) < 4.78 is 5.07. The number of carbonyl (C=O) groups excluding carboxylic acids is 1. The second-order valence-electron chi connectivity index (χ2n) is 5.00. The van der Waals surface area contributed by atoms with Crippen LogP contribution in [0.25, 0.3) is 0 Å². The van der Waals surface area contributed by atoms with Gasteiger partial charge in [-0.1, -0.05) is 0 Å². The number of nitrogens with zero attached hydrogens (tertiary/aromatic N) is 1. The van der Waals surface area contributed by atoms with E-state index in [2.05, 4.69) is 0 Å². The maximum atomic E-state index is 11.9. The molecule has 1 heterocycles. The summed E-state index contributed by atoms with van der Waals surface area (Å²) in [5.41, 5.74) is 5.38. The molecule has 1 fully saturated rings. The van der Waals surface area contributed by atoms with Gasteiger partial charge in [-0.3, -0.25) is 4.79 Å². The van der Waals surface area contributed by atoms with Gasteiger partial charge in [-0.25, -0.2) is 4.79 Å². The molecule has 0 aromatic heterocycles. The topological polar surface area (TPSA) is 92.9 Å². The minimum absolute atomic E-state index is 0.0626. The fraction of sp³-hybridized carbons (Fsp3) is 0.818. The van der Waals surface area contributed by atoms with Crippen LogP contribution in [-0.2, 0) is 14.3 Å². The van der Waals surface area contributed by atoms with Crippen molar-refractivity contribution < 1.29 is 19.4 Å². The van der Waals surface area contributed by atoms with Crippen LogP contribution in [0.3, 0.4) is 0 Å². The summed E-state index contributed by atoms with van der Waals surface area (Å²) >= 11 is 0. The van der Waals surface area contributed by atoms with Gasteiger partial charge < -0.3 is 20.5 Å². The summed E-state index contributed by atoms with van der Waals surface area (Å²) in [4.78, 5) is 24.3. The molecule has 1 unspecified atom stereocenters. The molecule has 0 aromatic rings. The number of carbonyl (C=O) groups is 2. The van der Waals surface area contributed by atoms with Crippen molar-refractivity contribution in [1.82, 2.24) is 4.90 Å². The number of amides is 1. The van der Waals surface area contributed by atoms with Crippen LogP contribution in [0.5, 0.6) is 0 Å². The fourth-order valence-electron chi connectivity index (χ4n) is 1.68. The lowest BCUT2D eigenvalue weighted by molar-refractivity contribution is -0.158. The van der Waals surface area contributed by atoms with Gasteiger partial charge in [0, 0.05) is 18.5 Å².